The summed E-state index contributed by atoms with van der Waals surface area (Å²) in [6.07, 6.45) is 0.528. The second-order valence-electron chi connectivity index (χ2n) is 9.44. The molecule has 37 heavy (non-hydrogen) atoms. The van der Waals surface area contributed by atoms with Crippen LogP contribution in [-0.4, -0.2) is 74.6 Å². The summed E-state index contributed by atoms with van der Waals surface area (Å²) in [5, 5.41) is 9.13. The number of carbonyl (C=O) groups is 2. The second kappa shape index (κ2) is 12.6. The number of amides is 3. The number of nitrogens with zero attached hydrogens (tertiary/aromatic N) is 3. The summed E-state index contributed by atoms with van der Waals surface area (Å²) < 4.78 is 16.1. The van der Waals surface area contributed by atoms with E-state index in [1.165, 1.54) is 15.5 Å². The smallest absolute Gasteiger partial charge is 0.318 e. The van der Waals surface area contributed by atoms with Crippen LogP contribution in [0.15, 0.2) is 41.5 Å². The molecule has 0 aliphatic carbocycles. The van der Waals surface area contributed by atoms with Crippen LogP contribution in [0, 0.1) is 13.8 Å². The van der Waals surface area contributed by atoms with Gasteiger partial charge in [-0.2, -0.15) is 5.10 Å². The molecular formula is C28H38N4O5. The van der Waals surface area contributed by atoms with Crippen LogP contribution in [0.1, 0.15) is 48.6 Å². The summed E-state index contributed by atoms with van der Waals surface area (Å²) in [5.74, 6) is 0.896. The lowest BCUT2D eigenvalue weighted by atomic mass is 9.96. The minimum atomic E-state index is -0.360. The van der Waals surface area contributed by atoms with Crippen molar-refractivity contribution in [1.82, 2.24) is 15.2 Å². The van der Waals surface area contributed by atoms with E-state index in [2.05, 4.69) is 31.3 Å². The summed E-state index contributed by atoms with van der Waals surface area (Å²) >= 11 is 0. The van der Waals surface area contributed by atoms with E-state index in [9.17, 15) is 9.59 Å². The van der Waals surface area contributed by atoms with Gasteiger partial charge in [-0.05, 0) is 68.1 Å². The van der Waals surface area contributed by atoms with Gasteiger partial charge in [-0.15, -0.1) is 0 Å². The molecule has 1 aliphatic heterocycles. The normalized spacial score (nSPS) is 15.0. The standard InChI is InChI=1S/C28H38N4O5/c1-18(2)29-28(34)31(12-13-35-5)17-27(33)32-24(22-10-11-25(36-6)26(15-22)37-7)16-23(30-32)21-9-8-19(3)20(4)14-21/h8-11,14-15,18,24H,12-13,16-17H2,1-7H3,(H,29,34). The first-order chi connectivity index (χ1) is 17.7. The van der Waals surface area contributed by atoms with Crippen LogP contribution in [0.3, 0.4) is 0 Å². The largest absolute Gasteiger partial charge is 0.493 e. The van der Waals surface area contributed by atoms with Crippen molar-refractivity contribution in [2.75, 3.05) is 41.0 Å². The molecule has 0 radical (unpaired) electrons. The van der Waals surface area contributed by atoms with E-state index in [1.807, 2.05) is 38.1 Å². The average molecular weight is 511 g/mol. The fraction of sp³-hybridized carbons (Fsp3) is 0.464. The number of benzene rings is 2. The first-order valence-corrected chi connectivity index (χ1v) is 12.4. The molecule has 0 saturated carbocycles. The molecule has 0 bridgehead atoms. The van der Waals surface area contributed by atoms with Crippen LogP contribution in [0.4, 0.5) is 4.79 Å². The minimum Gasteiger partial charge on any atom is -0.493 e. The van der Waals surface area contributed by atoms with Crippen molar-refractivity contribution >= 4 is 17.6 Å². The van der Waals surface area contributed by atoms with Crippen LogP contribution < -0.4 is 14.8 Å². The summed E-state index contributed by atoms with van der Waals surface area (Å²) in [6, 6.07) is 11.1. The third-order valence-corrected chi connectivity index (χ3v) is 6.39. The van der Waals surface area contributed by atoms with E-state index in [0.717, 1.165) is 22.4 Å². The van der Waals surface area contributed by atoms with E-state index in [-0.39, 0.29) is 37.1 Å². The van der Waals surface area contributed by atoms with Crippen molar-refractivity contribution in [3.8, 4) is 11.5 Å². The van der Waals surface area contributed by atoms with Crippen molar-refractivity contribution in [2.24, 2.45) is 5.10 Å². The number of carbonyl (C=O) groups excluding carboxylic acids is 2. The lowest BCUT2D eigenvalue weighted by Crippen LogP contribution is -2.48. The predicted molar refractivity (Wildman–Crippen MR) is 143 cm³/mol. The molecule has 1 heterocycles. The summed E-state index contributed by atoms with van der Waals surface area (Å²) in [7, 11) is 4.73. The minimum absolute atomic E-state index is 0.0617. The van der Waals surface area contributed by atoms with Crippen LogP contribution >= 0.6 is 0 Å². The first kappa shape index (κ1) is 28.0. The van der Waals surface area contributed by atoms with Gasteiger partial charge in [-0.3, -0.25) is 4.79 Å². The fourth-order valence-electron chi connectivity index (χ4n) is 4.18. The fourth-order valence-corrected chi connectivity index (χ4v) is 4.18. The third kappa shape index (κ3) is 6.80. The molecule has 1 atom stereocenters. The number of nitrogens with one attached hydrogen (secondary N) is 1. The van der Waals surface area contributed by atoms with E-state index < -0.39 is 0 Å². The Morgan fingerprint density at radius 2 is 1.78 bits per heavy atom. The Kier molecular flexibility index (Phi) is 9.52. The second-order valence-corrected chi connectivity index (χ2v) is 9.44. The van der Waals surface area contributed by atoms with Crippen molar-refractivity contribution in [2.45, 2.75) is 46.2 Å². The summed E-state index contributed by atoms with van der Waals surface area (Å²) in [4.78, 5) is 27.9. The van der Waals surface area contributed by atoms with Gasteiger partial charge in [0, 0.05) is 26.1 Å². The van der Waals surface area contributed by atoms with Gasteiger partial charge in [0.25, 0.3) is 5.91 Å². The Balaban J connectivity index is 1.96. The lowest BCUT2D eigenvalue weighted by Gasteiger charge is -2.28. The highest BCUT2D eigenvalue weighted by Crippen LogP contribution is 2.37. The zero-order chi connectivity index (χ0) is 27.1. The maximum Gasteiger partial charge on any atom is 0.318 e. The highest BCUT2D eigenvalue weighted by atomic mass is 16.5. The van der Waals surface area contributed by atoms with E-state index in [4.69, 9.17) is 19.3 Å². The van der Waals surface area contributed by atoms with E-state index in [1.54, 1.807) is 21.3 Å². The number of hydrogen-bond donors (Lipinski definition) is 1. The molecule has 1 unspecified atom stereocenters. The van der Waals surface area contributed by atoms with Gasteiger partial charge in [-0.1, -0.05) is 18.2 Å². The number of urea groups is 1. The molecule has 0 fully saturated rings. The predicted octanol–water partition coefficient (Wildman–Crippen LogP) is 4.06. The molecule has 2 aromatic carbocycles. The van der Waals surface area contributed by atoms with Crippen LogP contribution in [-0.2, 0) is 9.53 Å². The number of rotatable bonds is 10. The average Bonchev–Trinajstić information content (AvgIpc) is 3.32. The van der Waals surface area contributed by atoms with Gasteiger partial charge >= 0.3 is 6.03 Å². The van der Waals surface area contributed by atoms with Crippen LogP contribution in [0.25, 0.3) is 0 Å². The van der Waals surface area contributed by atoms with Crippen molar-refractivity contribution in [3.63, 3.8) is 0 Å². The Bertz CT molecular complexity index is 1150. The molecule has 2 aromatic rings. The van der Waals surface area contributed by atoms with Crippen molar-refractivity contribution in [3.05, 3.63) is 58.7 Å². The van der Waals surface area contributed by atoms with Crippen molar-refractivity contribution in [1.29, 1.82) is 0 Å². The molecule has 1 N–H and O–H groups in total. The highest BCUT2D eigenvalue weighted by Gasteiger charge is 2.35. The maximum atomic E-state index is 13.7. The quantitative estimate of drug-likeness (QED) is 0.520. The highest BCUT2D eigenvalue weighted by molar-refractivity contribution is 6.03. The van der Waals surface area contributed by atoms with Gasteiger partial charge < -0.3 is 24.4 Å². The van der Waals surface area contributed by atoms with E-state index in [0.29, 0.717) is 24.5 Å². The molecule has 0 aromatic heterocycles. The Labute approximate surface area is 219 Å². The van der Waals surface area contributed by atoms with Crippen LogP contribution in [0.2, 0.25) is 0 Å². The van der Waals surface area contributed by atoms with Gasteiger partial charge in [0.05, 0.1) is 32.6 Å². The Morgan fingerprint density at radius 3 is 2.41 bits per heavy atom. The zero-order valence-electron chi connectivity index (χ0n) is 22.8. The number of hydrazone groups is 1. The number of hydrogen-bond acceptors (Lipinski definition) is 6. The van der Waals surface area contributed by atoms with Gasteiger partial charge in [0.2, 0.25) is 0 Å². The topological polar surface area (TPSA) is 92.7 Å². The molecule has 0 saturated heterocycles. The SMILES string of the molecule is COCCN(CC(=O)N1N=C(c2ccc(C)c(C)c2)CC1c1ccc(OC)c(OC)c1)C(=O)NC(C)C. The zero-order valence-corrected chi connectivity index (χ0v) is 22.8. The van der Waals surface area contributed by atoms with Gasteiger partial charge in [-0.25, -0.2) is 9.80 Å². The maximum absolute atomic E-state index is 13.7. The Hall–Kier alpha value is -3.59. The van der Waals surface area contributed by atoms with Crippen LogP contribution in [0.5, 0.6) is 11.5 Å². The third-order valence-electron chi connectivity index (χ3n) is 6.39. The number of ether oxygens (including phenoxy) is 3. The summed E-state index contributed by atoms with van der Waals surface area (Å²) in [6.45, 7) is 8.34. The van der Waals surface area contributed by atoms with Crippen molar-refractivity contribution < 1.29 is 23.8 Å². The molecule has 0 spiro atoms. The van der Waals surface area contributed by atoms with Gasteiger partial charge in [0.15, 0.2) is 11.5 Å². The number of aryl methyl sites for hydroxylation is 2. The van der Waals surface area contributed by atoms with Gasteiger partial charge in [0.1, 0.15) is 6.54 Å². The number of methoxy groups -OCH3 is 3. The summed E-state index contributed by atoms with van der Waals surface area (Å²) in [5.41, 5.74) is 4.99. The van der Waals surface area contributed by atoms with E-state index >= 15 is 0 Å². The first-order valence-electron chi connectivity index (χ1n) is 12.4. The molecule has 3 amide bonds. The molecule has 9 heteroatoms. The molecule has 3 rings (SSSR count). The Morgan fingerprint density at radius 1 is 1.05 bits per heavy atom. The monoisotopic (exact) mass is 510 g/mol. The molecule has 1 aliphatic rings. The molecule has 200 valence electrons. The molecular weight excluding hydrogens is 472 g/mol. The molecule has 9 nitrogen and oxygen atoms in total. The lowest BCUT2D eigenvalue weighted by molar-refractivity contribution is -0.133.